The number of likely N-dealkylation sites (N-methyl/N-ethyl adjacent to an activating group) is 2. The van der Waals surface area contributed by atoms with E-state index in [1.54, 1.807) is 52.6 Å². The van der Waals surface area contributed by atoms with Gasteiger partial charge in [-0.25, -0.2) is 9.07 Å². The number of aliphatic hydroxyl groups is 4. The van der Waals surface area contributed by atoms with Gasteiger partial charge in [0.25, 0.3) is 0 Å². The lowest BCUT2D eigenvalue weighted by molar-refractivity contribution is -0.308. The summed E-state index contributed by atoms with van der Waals surface area (Å²) in [7, 11) is 7.01. The van der Waals surface area contributed by atoms with Gasteiger partial charge in [0.05, 0.1) is 60.4 Å². The summed E-state index contributed by atoms with van der Waals surface area (Å²) in [5, 5.41) is 56.5. The fraction of sp³-hybridized carbons (Fsp3) is 0.839. The Hall–Kier alpha value is -2.80. The van der Waals surface area contributed by atoms with Crippen LogP contribution in [0.5, 0.6) is 0 Å². The summed E-state index contributed by atoms with van der Waals surface area (Å²) in [4.78, 5) is 21.1. The molecule has 4 fully saturated rings. The number of hydrogen-bond acceptors (Lipinski definition) is 18. The minimum Gasteiger partial charge on any atom is -0.459 e. The fourth-order valence-corrected chi connectivity index (χ4v) is 12.3. The SMILES string of the molecule is CC[C@H]1OC(=O)[C@H](C)[C@@H](O[C@H]2C[C@@](C)(OC)[C@@H](O)[C@H](C)O2)[C@H](C)[C@@H](O[C@H]2C[C@@H](N(C)CCc3cn([C@H](CF)[C@H](OC)c4ccc(CN5CCOCC5)cc4)nn3)C[C@@H](C)O2)[C@](C)(O)C[C@@H](C)CN(C)[C@H](C)[C@@H](O)[C@]1(C)O. The molecule has 76 heavy (non-hydrogen) atoms. The van der Waals surface area contributed by atoms with Gasteiger partial charge in [0.15, 0.2) is 12.6 Å². The van der Waals surface area contributed by atoms with Crippen LogP contribution in [0.3, 0.4) is 0 Å². The molecule has 434 valence electrons. The molecule has 0 amide bonds. The smallest absolute Gasteiger partial charge is 0.311 e. The maximum atomic E-state index is 14.9. The number of methoxy groups -OCH3 is 2. The molecule has 0 aliphatic carbocycles. The molecular weight excluding hydrogens is 984 g/mol. The first-order valence-electron chi connectivity index (χ1n) is 27.8. The molecule has 4 N–H and O–H groups in total. The van der Waals surface area contributed by atoms with Gasteiger partial charge in [0.1, 0.15) is 42.7 Å². The summed E-state index contributed by atoms with van der Waals surface area (Å²) in [5.74, 6) is -2.55. The number of cyclic esters (lactones) is 1. The second-order valence-electron chi connectivity index (χ2n) is 23.5. The Morgan fingerprint density at radius 1 is 0.934 bits per heavy atom. The van der Waals surface area contributed by atoms with Crippen LogP contribution in [-0.2, 0) is 55.7 Å². The molecule has 2 aromatic rings. The van der Waals surface area contributed by atoms with Crippen molar-refractivity contribution in [1.82, 2.24) is 29.7 Å². The van der Waals surface area contributed by atoms with E-state index in [1.807, 2.05) is 58.8 Å². The van der Waals surface area contributed by atoms with Crippen molar-refractivity contribution in [3.8, 4) is 0 Å². The molecule has 0 bridgehead atoms. The molecule has 4 aliphatic heterocycles. The highest BCUT2D eigenvalue weighted by Gasteiger charge is 2.52. The van der Waals surface area contributed by atoms with Crippen LogP contribution in [0.1, 0.15) is 130 Å². The van der Waals surface area contributed by atoms with Crippen LogP contribution < -0.4 is 0 Å². The molecule has 0 spiro atoms. The van der Waals surface area contributed by atoms with Crippen LogP contribution in [0.2, 0.25) is 0 Å². The largest absolute Gasteiger partial charge is 0.459 e. The van der Waals surface area contributed by atoms with E-state index in [0.29, 0.717) is 38.0 Å². The van der Waals surface area contributed by atoms with Crippen molar-refractivity contribution >= 4 is 5.97 Å². The first-order valence-corrected chi connectivity index (χ1v) is 27.8. The number of carbonyl (C=O) groups is 1. The number of alkyl halides is 1. The van der Waals surface area contributed by atoms with E-state index in [4.69, 9.17) is 37.9 Å². The molecule has 6 rings (SSSR count). The number of esters is 1. The molecule has 1 aromatic heterocycles. The third-order valence-corrected chi connectivity index (χ3v) is 17.2. The molecule has 0 unspecified atom stereocenters. The van der Waals surface area contributed by atoms with Crippen molar-refractivity contribution in [2.45, 2.75) is 211 Å². The number of aliphatic hydroxyl groups excluding tert-OH is 2. The third-order valence-electron chi connectivity index (χ3n) is 17.2. The molecule has 0 radical (unpaired) electrons. The average Bonchev–Trinajstić information content (AvgIpc) is 3.86. The fourth-order valence-electron chi connectivity index (χ4n) is 12.3. The topological polar surface area (TPSA) is 212 Å². The molecule has 4 saturated heterocycles. The second-order valence-corrected chi connectivity index (χ2v) is 23.5. The number of morpholine rings is 1. The highest BCUT2D eigenvalue weighted by Crippen LogP contribution is 2.40. The van der Waals surface area contributed by atoms with Crippen LogP contribution in [-0.4, -0.2) is 215 Å². The van der Waals surface area contributed by atoms with Gasteiger partial charge in [-0.15, -0.1) is 5.10 Å². The van der Waals surface area contributed by atoms with Gasteiger partial charge in [-0.3, -0.25) is 9.69 Å². The van der Waals surface area contributed by atoms with E-state index in [-0.39, 0.29) is 37.3 Å². The highest BCUT2D eigenvalue weighted by molar-refractivity contribution is 5.73. The van der Waals surface area contributed by atoms with Crippen LogP contribution in [0.25, 0.3) is 0 Å². The number of aromatic nitrogens is 3. The van der Waals surface area contributed by atoms with Crippen LogP contribution >= 0.6 is 0 Å². The van der Waals surface area contributed by atoms with Gasteiger partial charge in [-0.2, -0.15) is 0 Å². The Kier molecular flexibility index (Phi) is 22.3. The number of ether oxygens (including phenoxy) is 8. The van der Waals surface area contributed by atoms with Crippen molar-refractivity contribution in [3.63, 3.8) is 0 Å². The first kappa shape index (κ1) is 62.4. The number of rotatable bonds is 17. The Morgan fingerprint density at radius 2 is 1.62 bits per heavy atom. The lowest BCUT2D eigenvalue weighted by atomic mass is 9.77. The van der Waals surface area contributed by atoms with Gasteiger partial charge in [0.2, 0.25) is 0 Å². The van der Waals surface area contributed by atoms with E-state index in [2.05, 4.69) is 32.2 Å². The van der Waals surface area contributed by atoms with E-state index in [0.717, 1.165) is 38.4 Å². The van der Waals surface area contributed by atoms with Crippen molar-refractivity contribution in [2.24, 2.45) is 17.8 Å². The molecule has 19 nitrogen and oxygen atoms in total. The zero-order chi connectivity index (χ0) is 55.9. The summed E-state index contributed by atoms with van der Waals surface area (Å²) in [5.41, 5.74) is -1.66. The molecule has 1 aromatic carbocycles. The van der Waals surface area contributed by atoms with E-state index >= 15 is 0 Å². The van der Waals surface area contributed by atoms with E-state index in [1.165, 1.54) is 19.6 Å². The minimum absolute atomic E-state index is 0.00975. The summed E-state index contributed by atoms with van der Waals surface area (Å²) in [6, 6.07) is 6.85. The standard InChI is InChI=1S/C56H95FN6O13/c1-15-45-56(10,68)50(64)38(6)61(12)31-34(2)28-54(8,67)52(36(4)48(37(5)53(66)74-45)75-47-29-55(9,70-14)51(65)39(7)73-47)76-46-27-43(26-35(3)72-46)60(11)21-20-42-33-63(59-58-42)44(30-57)49(69-13)41-18-16-40(17-19-41)32-62-22-24-71-25-23-62/h16-19,33-39,43-52,64-65,67-68H,15,20-32H2,1-14H3/t34-,35-,36+,37-,38-,39+,43+,44-,45-,46+,47+,48+,49-,50-,51+,52-,54-,55-,56-/m1/s1. The summed E-state index contributed by atoms with van der Waals surface area (Å²) in [6.45, 7) is 22.4. The molecule has 0 saturated carbocycles. The monoisotopic (exact) mass is 1080 g/mol. The Labute approximate surface area is 451 Å². The van der Waals surface area contributed by atoms with Crippen molar-refractivity contribution in [3.05, 3.63) is 47.3 Å². The number of hydrogen-bond donors (Lipinski definition) is 4. The van der Waals surface area contributed by atoms with Crippen molar-refractivity contribution < 1.29 is 67.5 Å². The zero-order valence-corrected chi connectivity index (χ0v) is 48.0. The summed E-state index contributed by atoms with van der Waals surface area (Å²) >= 11 is 0. The van der Waals surface area contributed by atoms with Crippen molar-refractivity contribution in [1.29, 1.82) is 0 Å². The highest BCUT2D eigenvalue weighted by atomic mass is 19.1. The van der Waals surface area contributed by atoms with Crippen LogP contribution in [0, 0.1) is 17.8 Å². The van der Waals surface area contributed by atoms with Crippen molar-refractivity contribution in [2.75, 3.05) is 74.4 Å². The van der Waals surface area contributed by atoms with Crippen LogP contribution in [0.4, 0.5) is 4.39 Å². The Balaban J connectivity index is 1.21. The predicted molar refractivity (Wildman–Crippen MR) is 283 cm³/mol. The summed E-state index contributed by atoms with van der Waals surface area (Å²) < 4.78 is 66.7. The quantitative estimate of drug-likeness (QED) is 0.156. The maximum absolute atomic E-state index is 14.9. The minimum atomic E-state index is -1.82. The first-order chi connectivity index (χ1) is 35.8. The molecule has 20 heteroatoms. The lowest BCUT2D eigenvalue weighted by Crippen LogP contribution is -2.59. The van der Waals surface area contributed by atoms with Crippen LogP contribution in [0.15, 0.2) is 30.5 Å². The molecular formula is C56H95FN6O13. The molecule has 19 atom stereocenters. The van der Waals surface area contributed by atoms with Gasteiger partial charge in [-0.05, 0) is 98.9 Å². The molecule has 4 aliphatic rings. The Morgan fingerprint density at radius 3 is 2.25 bits per heavy atom. The second kappa shape index (κ2) is 27.1. The number of nitrogens with zero attached hydrogens (tertiary/aromatic N) is 6. The summed E-state index contributed by atoms with van der Waals surface area (Å²) in [6.07, 6.45) is -4.46. The third kappa shape index (κ3) is 15.1. The number of halogens is 1. The molecule has 5 heterocycles. The average molecular weight is 1080 g/mol. The zero-order valence-electron chi connectivity index (χ0n) is 48.0. The number of benzene rings is 1. The Bertz CT molecular complexity index is 2080. The van der Waals surface area contributed by atoms with Gasteiger partial charge in [-0.1, -0.05) is 50.3 Å². The van der Waals surface area contributed by atoms with Gasteiger partial charge in [0, 0.05) is 90.4 Å². The lowest BCUT2D eigenvalue weighted by Gasteiger charge is -2.48. The predicted octanol–water partition coefficient (Wildman–Crippen LogP) is 4.86. The number of carbonyl (C=O) groups excluding carboxylic acids is 1. The van der Waals surface area contributed by atoms with E-state index in [9.17, 15) is 29.6 Å². The normalized spacial score (nSPS) is 39.0. The van der Waals surface area contributed by atoms with Gasteiger partial charge < -0.3 is 68.1 Å². The van der Waals surface area contributed by atoms with E-state index < -0.39 is 109 Å². The maximum Gasteiger partial charge on any atom is 0.311 e. The van der Waals surface area contributed by atoms with Gasteiger partial charge >= 0.3 is 5.97 Å².